The normalized spacial score (nSPS) is 12.4. The molecule has 1 atom stereocenters. The van der Waals surface area contributed by atoms with E-state index < -0.39 is 6.04 Å². The monoisotopic (exact) mass is 360 g/mol. The van der Waals surface area contributed by atoms with Crippen molar-refractivity contribution in [3.05, 3.63) is 50.7 Å². The van der Waals surface area contributed by atoms with E-state index in [4.69, 9.17) is 16.1 Å². The number of halogens is 1. The van der Waals surface area contributed by atoms with E-state index >= 15 is 0 Å². The third-order valence-electron chi connectivity index (χ3n) is 4.18. The van der Waals surface area contributed by atoms with Crippen molar-refractivity contribution in [2.75, 3.05) is 5.32 Å². The van der Waals surface area contributed by atoms with E-state index in [-0.39, 0.29) is 22.6 Å². The van der Waals surface area contributed by atoms with Crippen LogP contribution in [0.3, 0.4) is 0 Å². The molecule has 0 saturated heterocycles. The zero-order chi connectivity index (χ0) is 18.3. The second-order valence-corrected chi connectivity index (χ2v) is 6.27. The molecule has 130 valence electrons. The maximum atomic E-state index is 12.8. The number of aryl methyl sites for hydroxylation is 2. The lowest BCUT2D eigenvalue weighted by Gasteiger charge is -2.18. The summed E-state index contributed by atoms with van der Waals surface area (Å²) in [7, 11) is 0. The van der Waals surface area contributed by atoms with Gasteiger partial charge in [0, 0.05) is 10.7 Å². The molecule has 25 heavy (non-hydrogen) atoms. The molecule has 1 amide bonds. The van der Waals surface area contributed by atoms with Gasteiger partial charge in [0.05, 0.1) is 5.69 Å². The van der Waals surface area contributed by atoms with E-state index in [0.717, 1.165) is 5.56 Å². The summed E-state index contributed by atoms with van der Waals surface area (Å²) in [5.41, 5.74) is 1.63. The Labute approximate surface area is 148 Å². The number of carbonyl (C=O) groups excluding carboxylic acids is 1. The molecule has 0 fully saturated rings. The van der Waals surface area contributed by atoms with E-state index in [1.54, 1.807) is 39.0 Å². The molecule has 7 nitrogen and oxygen atoms in total. The largest absolute Gasteiger partial charge is 0.335 e. The molecule has 1 unspecified atom stereocenters. The second kappa shape index (κ2) is 6.33. The molecule has 0 aliphatic carbocycles. The Morgan fingerprint density at radius 2 is 2.04 bits per heavy atom. The highest BCUT2D eigenvalue weighted by atomic mass is 35.5. The number of rotatable bonds is 3. The van der Waals surface area contributed by atoms with Crippen molar-refractivity contribution in [3.8, 4) is 0 Å². The summed E-state index contributed by atoms with van der Waals surface area (Å²) in [4.78, 5) is 29.7. The molecule has 8 heteroatoms. The lowest BCUT2D eigenvalue weighted by molar-refractivity contribution is -0.118. The van der Waals surface area contributed by atoms with Crippen LogP contribution in [0.1, 0.15) is 30.0 Å². The Morgan fingerprint density at radius 3 is 2.76 bits per heavy atom. The second-order valence-electron chi connectivity index (χ2n) is 5.86. The topological polar surface area (TPSA) is 90.0 Å². The fourth-order valence-electron chi connectivity index (χ4n) is 2.70. The van der Waals surface area contributed by atoms with E-state index in [1.165, 1.54) is 4.57 Å². The first-order valence-electron chi connectivity index (χ1n) is 7.72. The Morgan fingerprint density at radius 1 is 1.32 bits per heavy atom. The van der Waals surface area contributed by atoms with Gasteiger partial charge in [0.25, 0.3) is 11.3 Å². The number of anilines is 1. The van der Waals surface area contributed by atoms with Crippen molar-refractivity contribution >= 4 is 34.3 Å². The van der Waals surface area contributed by atoms with Crippen LogP contribution in [0.15, 0.2) is 27.5 Å². The highest BCUT2D eigenvalue weighted by Crippen LogP contribution is 2.24. The number of amides is 1. The third kappa shape index (κ3) is 2.91. The molecule has 2 aromatic heterocycles. The number of benzene rings is 1. The average molecular weight is 361 g/mol. The summed E-state index contributed by atoms with van der Waals surface area (Å²) in [6, 6.07) is 4.49. The number of carbonyl (C=O) groups is 1. The third-order valence-corrected chi connectivity index (χ3v) is 4.59. The van der Waals surface area contributed by atoms with Crippen LogP contribution in [-0.4, -0.2) is 20.6 Å². The van der Waals surface area contributed by atoms with Gasteiger partial charge in [0.15, 0.2) is 0 Å². The van der Waals surface area contributed by atoms with Gasteiger partial charge in [0.2, 0.25) is 5.91 Å². The summed E-state index contributed by atoms with van der Waals surface area (Å²) in [6.45, 7) is 6.76. The molecular weight excluding hydrogens is 344 g/mol. The van der Waals surface area contributed by atoms with Gasteiger partial charge in [-0.15, -0.1) is 0 Å². The van der Waals surface area contributed by atoms with E-state index in [2.05, 4.69) is 15.5 Å². The van der Waals surface area contributed by atoms with Gasteiger partial charge in [-0.25, -0.2) is 0 Å². The molecular formula is C17H17ClN4O3. The van der Waals surface area contributed by atoms with Crippen molar-refractivity contribution < 1.29 is 9.32 Å². The first-order valence-corrected chi connectivity index (χ1v) is 8.10. The van der Waals surface area contributed by atoms with Gasteiger partial charge < -0.3 is 9.84 Å². The van der Waals surface area contributed by atoms with E-state index in [0.29, 0.717) is 22.2 Å². The molecule has 0 bridgehead atoms. The molecule has 2 heterocycles. The summed E-state index contributed by atoms with van der Waals surface area (Å²) < 4.78 is 6.38. The van der Waals surface area contributed by atoms with Crippen molar-refractivity contribution in [1.29, 1.82) is 0 Å². The van der Waals surface area contributed by atoms with Gasteiger partial charge in [-0.3, -0.25) is 14.2 Å². The number of nitrogens with zero attached hydrogens (tertiary/aromatic N) is 3. The summed E-state index contributed by atoms with van der Waals surface area (Å²) in [5, 5.41) is 7.42. The van der Waals surface area contributed by atoms with Crippen LogP contribution in [0.25, 0.3) is 11.1 Å². The van der Waals surface area contributed by atoms with E-state index in [1.807, 2.05) is 6.92 Å². The quantitative estimate of drug-likeness (QED) is 0.774. The molecule has 0 aliphatic rings. The molecule has 0 radical (unpaired) electrons. The summed E-state index contributed by atoms with van der Waals surface area (Å²) in [6.07, 6.45) is 0. The van der Waals surface area contributed by atoms with Gasteiger partial charge >= 0.3 is 0 Å². The molecule has 1 N–H and O–H groups in total. The van der Waals surface area contributed by atoms with Crippen molar-refractivity contribution in [3.63, 3.8) is 0 Å². The van der Waals surface area contributed by atoms with Crippen LogP contribution in [0.2, 0.25) is 5.02 Å². The van der Waals surface area contributed by atoms with Gasteiger partial charge in [-0.1, -0.05) is 22.8 Å². The number of fused-ring (bicyclic) bond motifs is 1. The van der Waals surface area contributed by atoms with Crippen LogP contribution < -0.4 is 10.9 Å². The summed E-state index contributed by atoms with van der Waals surface area (Å²) >= 11 is 6.08. The highest BCUT2D eigenvalue weighted by Gasteiger charge is 2.23. The van der Waals surface area contributed by atoms with Gasteiger partial charge in [-0.05, 0) is 45.4 Å². The SMILES string of the molecule is Cc1c(Cl)cccc1NC(=O)C(C)n1c(C)nc2onc(C)c2c1=O. The predicted molar refractivity (Wildman–Crippen MR) is 95.1 cm³/mol. The van der Waals surface area contributed by atoms with Gasteiger partial charge in [-0.2, -0.15) is 4.98 Å². The van der Waals surface area contributed by atoms with Crippen LogP contribution >= 0.6 is 11.6 Å². The van der Waals surface area contributed by atoms with Crippen molar-refractivity contribution in [2.24, 2.45) is 0 Å². The number of aromatic nitrogens is 3. The Bertz CT molecular complexity index is 1040. The number of hydrogen-bond acceptors (Lipinski definition) is 5. The minimum Gasteiger partial charge on any atom is -0.335 e. The van der Waals surface area contributed by atoms with Crippen LogP contribution in [0.4, 0.5) is 5.69 Å². The highest BCUT2D eigenvalue weighted by molar-refractivity contribution is 6.31. The minimum absolute atomic E-state index is 0.176. The predicted octanol–water partition coefficient (Wildman–Crippen LogP) is 3.16. The zero-order valence-corrected chi connectivity index (χ0v) is 15.0. The van der Waals surface area contributed by atoms with Crippen molar-refractivity contribution in [1.82, 2.24) is 14.7 Å². The average Bonchev–Trinajstić information content (AvgIpc) is 2.92. The fourth-order valence-corrected chi connectivity index (χ4v) is 2.88. The number of nitrogens with one attached hydrogen (secondary N) is 1. The molecule has 0 aliphatic heterocycles. The van der Waals surface area contributed by atoms with Gasteiger partial charge in [0.1, 0.15) is 17.3 Å². The first kappa shape index (κ1) is 17.2. The molecule has 3 aromatic rings. The number of hydrogen-bond donors (Lipinski definition) is 1. The maximum Gasteiger partial charge on any atom is 0.267 e. The molecule has 1 aromatic carbocycles. The smallest absolute Gasteiger partial charge is 0.267 e. The Kier molecular flexibility index (Phi) is 4.34. The minimum atomic E-state index is -0.767. The fraction of sp³-hybridized carbons (Fsp3) is 0.294. The Balaban J connectivity index is 2.00. The van der Waals surface area contributed by atoms with Crippen LogP contribution in [-0.2, 0) is 4.79 Å². The first-order chi connectivity index (χ1) is 11.8. The van der Waals surface area contributed by atoms with E-state index in [9.17, 15) is 9.59 Å². The standard InChI is InChI=1S/C17H17ClN4O3/c1-8-12(18)6-5-7-13(8)20-15(23)10(3)22-11(4)19-16-14(17(22)24)9(2)21-25-16/h5-7,10H,1-4H3,(H,20,23). The van der Waals surface area contributed by atoms with Crippen LogP contribution in [0, 0.1) is 20.8 Å². The molecule has 0 spiro atoms. The van der Waals surface area contributed by atoms with Crippen molar-refractivity contribution in [2.45, 2.75) is 33.7 Å². The molecule has 0 saturated carbocycles. The Hall–Kier alpha value is -2.67. The maximum absolute atomic E-state index is 12.8. The summed E-state index contributed by atoms with van der Waals surface area (Å²) in [5.74, 6) is 0.0324. The zero-order valence-electron chi connectivity index (χ0n) is 14.3. The van der Waals surface area contributed by atoms with Crippen LogP contribution in [0.5, 0.6) is 0 Å². The molecule has 3 rings (SSSR count). The lowest BCUT2D eigenvalue weighted by atomic mass is 10.2. The lowest BCUT2D eigenvalue weighted by Crippen LogP contribution is -2.34.